The molecule has 0 fully saturated rings. The molecular weight excluding hydrogens is 266 g/mol. The van der Waals surface area contributed by atoms with Gasteiger partial charge in [0, 0.05) is 5.69 Å². The van der Waals surface area contributed by atoms with Crippen LogP contribution in [0.4, 0.5) is 10.5 Å². The van der Waals surface area contributed by atoms with E-state index < -0.39 is 30.5 Å². The van der Waals surface area contributed by atoms with Gasteiger partial charge in [0.25, 0.3) is 0 Å². The zero-order valence-corrected chi connectivity index (χ0v) is 10.7. The summed E-state index contributed by atoms with van der Waals surface area (Å²) in [6, 6.07) is 3.68. The van der Waals surface area contributed by atoms with Crippen LogP contribution in [-0.2, 0) is 9.59 Å². The third kappa shape index (κ3) is 4.16. The van der Waals surface area contributed by atoms with Crippen molar-refractivity contribution in [3.63, 3.8) is 0 Å². The number of anilines is 1. The van der Waals surface area contributed by atoms with Gasteiger partial charge in [-0.3, -0.25) is 14.5 Å². The number of carbonyl (C=O) groups excluding carboxylic acids is 2. The number of nitrogens with two attached hydrogens (primary N) is 1. The third-order valence-corrected chi connectivity index (χ3v) is 2.47. The van der Waals surface area contributed by atoms with E-state index in [9.17, 15) is 19.5 Å². The number of rotatable bonds is 5. The van der Waals surface area contributed by atoms with Gasteiger partial charge in [0.15, 0.2) is 0 Å². The summed E-state index contributed by atoms with van der Waals surface area (Å²) in [6.07, 6.45) is 0. The molecule has 0 saturated carbocycles. The Morgan fingerprint density at radius 3 is 2.30 bits per heavy atom. The number of nitrogens with zero attached hydrogens (tertiary/aromatic N) is 1. The molecule has 20 heavy (non-hydrogen) atoms. The van der Waals surface area contributed by atoms with Gasteiger partial charge in [0.05, 0.1) is 0 Å². The molecule has 5 N–H and O–H groups in total. The predicted molar refractivity (Wildman–Crippen MR) is 70.3 cm³/mol. The largest absolute Gasteiger partial charge is 0.508 e. The molecule has 0 aliphatic carbocycles. The van der Waals surface area contributed by atoms with Crippen LogP contribution in [0.1, 0.15) is 6.92 Å². The highest BCUT2D eigenvalue weighted by Gasteiger charge is 2.21. The topological polar surface area (TPSA) is 133 Å². The standard InChI is InChI=1S/C12H15N3O5/c1-7(11(13)19)14-12(20)15(6-10(17)18)8-2-4-9(16)5-3-8/h2-5,7,16H,6H2,1H3,(H2,13,19)(H,14,20)(H,17,18). The summed E-state index contributed by atoms with van der Waals surface area (Å²) in [7, 11) is 0. The lowest BCUT2D eigenvalue weighted by atomic mass is 10.2. The molecule has 0 radical (unpaired) electrons. The van der Waals surface area contributed by atoms with Crippen LogP contribution in [0.25, 0.3) is 0 Å². The molecule has 0 saturated heterocycles. The summed E-state index contributed by atoms with van der Waals surface area (Å²) < 4.78 is 0. The molecule has 0 aliphatic heterocycles. The smallest absolute Gasteiger partial charge is 0.323 e. The second-order valence-electron chi connectivity index (χ2n) is 4.07. The second-order valence-corrected chi connectivity index (χ2v) is 4.07. The van der Waals surface area contributed by atoms with Crippen molar-refractivity contribution in [2.75, 3.05) is 11.4 Å². The van der Waals surface area contributed by atoms with E-state index in [4.69, 9.17) is 10.8 Å². The molecule has 1 aromatic rings. The fraction of sp³-hybridized carbons (Fsp3) is 0.250. The molecule has 1 rings (SSSR count). The lowest BCUT2D eigenvalue weighted by Crippen LogP contribution is -2.50. The molecular formula is C12H15N3O5. The highest BCUT2D eigenvalue weighted by atomic mass is 16.4. The fourth-order valence-electron chi connectivity index (χ4n) is 1.38. The Morgan fingerprint density at radius 1 is 1.30 bits per heavy atom. The minimum Gasteiger partial charge on any atom is -0.508 e. The summed E-state index contributed by atoms with van der Waals surface area (Å²) >= 11 is 0. The molecule has 8 heteroatoms. The molecule has 0 spiro atoms. The number of hydrogen-bond acceptors (Lipinski definition) is 4. The van der Waals surface area contributed by atoms with Crippen molar-refractivity contribution < 1.29 is 24.6 Å². The van der Waals surface area contributed by atoms with Gasteiger partial charge in [-0.15, -0.1) is 0 Å². The molecule has 1 atom stereocenters. The van der Waals surface area contributed by atoms with E-state index in [-0.39, 0.29) is 11.4 Å². The van der Waals surface area contributed by atoms with Crippen molar-refractivity contribution >= 4 is 23.6 Å². The Morgan fingerprint density at radius 2 is 1.85 bits per heavy atom. The Hall–Kier alpha value is -2.77. The Balaban J connectivity index is 2.94. The predicted octanol–water partition coefficient (Wildman–Crippen LogP) is -0.133. The van der Waals surface area contributed by atoms with Gasteiger partial charge in [-0.05, 0) is 31.2 Å². The molecule has 0 bridgehead atoms. The van der Waals surface area contributed by atoms with E-state index >= 15 is 0 Å². The van der Waals surface area contributed by atoms with Gasteiger partial charge in [-0.1, -0.05) is 0 Å². The van der Waals surface area contributed by atoms with Crippen LogP contribution in [0.3, 0.4) is 0 Å². The number of primary amides is 1. The summed E-state index contributed by atoms with van der Waals surface area (Å²) in [4.78, 5) is 34.6. The van der Waals surface area contributed by atoms with Crippen LogP contribution in [0.2, 0.25) is 0 Å². The zero-order valence-electron chi connectivity index (χ0n) is 10.7. The van der Waals surface area contributed by atoms with Crippen LogP contribution in [0, 0.1) is 0 Å². The molecule has 0 heterocycles. The molecule has 1 unspecified atom stereocenters. The van der Waals surface area contributed by atoms with Crippen LogP contribution >= 0.6 is 0 Å². The Labute approximate surface area is 114 Å². The maximum atomic E-state index is 12.0. The first-order chi connectivity index (χ1) is 9.31. The molecule has 3 amide bonds. The average molecular weight is 281 g/mol. The number of phenolic OH excluding ortho intramolecular Hbond substituents is 1. The number of aromatic hydroxyl groups is 1. The molecule has 0 aromatic heterocycles. The van der Waals surface area contributed by atoms with Crippen molar-refractivity contribution in [2.24, 2.45) is 5.73 Å². The number of benzene rings is 1. The molecule has 8 nitrogen and oxygen atoms in total. The number of amides is 3. The Bertz CT molecular complexity index is 514. The number of hydrogen-bond donors (Lipinski definition) is 4. The monoisotopic (exact) mass is 281 g/mol. The minimum absolute atomic E-state index is 0.0186. The van der Waals surface area contributed by atoms with Crippen molar-refractivity contribution in [1.82, 2.24) is 5.32 Å². The molecule has 108 valence electrons. The van der Waals surface area contributed by atoms with Crippen LogP contribution in [0.5, 0.6) is 5.75 Å². The van der Waals surface area contributed by atoms with Gasteiger partial charge >= 0.3 is 12.0 Å². The highest BCUT2D eigenvalue weighted by Crippen LogP contribution is 2.18. The van der Waals surface area contributed by atoms with E-state index in [0.717, 1.165) is 4.90 Å². The number of carboxylic acid groups (broad SMARTS) is 1. The van der Waals surface area contributed by atoms with E-state index in [2.05, 4.69) is 5.32 Å². The second kappa shape index (κ2) is 6.41. The fourth-order valence-corrected chi connectivity index (χ4v) is 1.38. The van der Waals surface area contributed by atoms with Crippen molar-refractivity contribution in [2.45, 2.75) is 13.0 Å². The van der Waals surface area contributed by atoms with Crippen LogP contribution < -0.4 is 16.0 Å². The van der Waals surface area contributed by atoms with Gasteiger partial charge in [0.2, 0.25) is 5.91 Å². The number of carboxylic acids is 1. The molecule has 1 aromatic carbocycles. The number of urea groups is 1. The summed E-state index contributed by atoms with van der Waals surface area (Å²) in [6.45, 7) is 0.790. The SMILES string of the molecule is CC(NC(=O)N(CC(=O)O)c1ccc(O)cc1)C(N)=O. The summed E-state index contributed by atoms with van der Waals surface area (Å²) in [5.41, 5.74) is 5.29. The van der Waals surface area contributed by atoms with Gasteiger partial charge in [-0.2, -0.15) is 0 Å². The van der Waals surface area contributed by atoms with Crippen LogP contribution in [-0.4, -0.2) is 40.7 Å². The maximum Gasteiger partial charge on any atom is 0.323 e. The lowest BCUT2D eigenvalue weighted by Gasteiger charge is -2.23. The summed E-state index contributed by atoms with van der Waals surface area (Å²) in [5, 5.41) is 20.3. The van der Waals surface area contributed by atoms with Gasteiger partial charge in [-0.25, -0.2) is 4.79 Å². The summed E-state index contributed by atoms with van der Waals surface area (Å²) in [5.74, 6) is -1.98. The van der Waals surface area contributed by atoms with Gasteiger partial charge < -0.3 is 21.3 Å². The van der Waals surface area contributed by atoms with Crippen molar-refractivity contribution in [3.05, 3.63) is 24.3 Å². The molecule has 0 aliphatic rings. The number of aliphatic carboxylic acids is 1. The first kappa shape index (κ1) is 15.3. The quantitative estimate of drug-likeness (QED) is 0.596. The third-order valence-electron chi connectivity index (χ3n) is 2.47. The van der Waals surface area contributed by atoms with E-state index in [1.165, 1.54) is 31.2 Å². The minimum atomic E-state index is -1.22. The Kier molecular flexibility index (Phi) is 4.90. The normalized spacial score (nSPS) is 11.4. The number of carbonyl (C=O) groups is 3. The van der Waals surface area contributed by atoms with Crippen LogP contribution in [0.15, 0.2) is 24.3 Å². The zero-order chi connectivity index (χ0) is 15.3. The van der Waals surface area contributed by atoms with E-state index in [0.29, 0.717) is 0 Å². The number of nitrogens with one attached hydrogen (secondary N) is 1. The first-order valence-electron chi connectivity index (χ1n) is 5.69. The van der Waals surface area contributed by atoms with Crippen molar-refractivity contribution in [3.8, 4) is 5.75 Å². The first-order valence-corrected chi connectivity index (χ1v) is 5.69. The van der Waals surface area contributed by atoms with Gasteiger partial charge in [0.1, 0.15) is 18.3 Å². The van der Waals surface area contributed by atoms with E-state index in [1.54, 1.807) is 0 Å². The lowest BCUT2D eigenvalue weighted by molar-refractivity contribution is -0.135. The number of phenols is 1. The highest BCUT2D eigenvalue weighted by molar-refractivity contribution is 5.98. The van der Waals surface area contributed by atoms with Crippen molar-refractivity contribution in [1.29, 1.82) is 0 Å². The van der Waals surface area contributed by atoms with E-state index in [1.807, 2.05) is 0 Å². The average Bonchev–Trinajstić information content (AvgIpc) is 2.36. The maximum absolute atomic E-state index is 12.0.